The molecule has 3 amide bonds. The maximum atomic E-state index is 13.9. The lowest BCUT2D eigenvalue weighted by molar-refractivity contribution is -0.128. The first kappa shape index (κ1) is 25.5. The van der Waals surface area contributed by atoms with Crippen molar-refractivity contribution in [1.29, 1.82) is 0 Å². The number of nitrogens with zero attached hydrogens (tertiary/aromatic N) is 3. The number of amides is 3. The van der Waals surface area contributed by atoms with Crippen LogP contribution in [0.1, 0.15) is 44.7 Å². The van der Waals surface area contributed by atoms with Crippen LogP contribution in [0, 0.1) is 12.7 Å². The average Bonchev–Trinajstić information content (AvgIpc) is 3.31. The van der Waals surface area contributed by atoms with Crippen LogP contribution in [-0.2, 0) is 16.1 Å². The molecular formula is C29H29FN4O4. The summed E-state index contributed by atoms with van der Waals surface area (Å²) in [5.74, 6) is -1.19. The number of nitrogens with one attached hydrogen (secondary N) is 1. The SMILES string of the molecule is Cc1ccccc1C(=O)N1[C@H](C(=O)NCc2ccncc2)COC12CCN(C(=O)c1ccc(F)cc1)CC2. The van der Waals surface area contributed by atoms with Gasteiger partial charge in [-0.3, -0.25) is 24.3 Å². The Balaban J connectivity index is 1.37. The number of ether oxygens (including phenoxy) is 1. The molecule has 196 valence electrons. The maximum absolute atomic E-state index is 13.9. The van der Waals surface area contributed by atoms with E-state index in [1.807, 2.05) is 31.2 Å². The molecule has 1 aromatic heterocycles. The molecule has 2 aromatic carbocycles. The summed E-state index contributed by atoms with van der Waals surface area (Å²) in [5, 5.41) is 2.93. The average molecular weight is 517 g/mol. The number of rotatable bonds is 5. The van der Waals surface area contributed by atoms with E-state index in [-0.39, 0.29) is 24.3 Å². The molecule has 1 atom stereocenters. The molecule has 2 saturated heterocycles. The number of hydrogen-bond acceptors (Lipinski definition) is 5. The fourth-order valence-corrected chi connectivity index (χ4v) is 5.15. The van der Waals surface area contributed by atoms with Crippen molar-refractivity contribution in [3.63, 3.8) is 0 Å². The number of halogens is 1. The van der Waals surface area contributed by atoms with Crippen molar-refractivity contribution < 1.29 is 23.5 Å². The molecule has 9 heteroatoms. The summed E-state index contributed by atoms with van der Waals surface area (Å²) in [6.45, 7) is 2.89. The van der Waals surface area contributed by atoms with Gasteiger partial charge in [0, 0.05) is 56.0 Å². The van der Waals surface area contributed by atoms with Gasteiger partial charge >= 0.3 is 0 Å². The lowest BCUT2D eigenvalue weighted by atomic mass is 9.95. The highest BCUT2D eigenvalue weighted by molar-refractivity contribution is 5.99. The van der Waals surface area contributed by atoms with Crippen LogP contribution in [-0.4, -0.2) is 64.0 Å². The van der Waals surface area contributed by atoms with E-state index < -0.39 is 17.6 Å². The summed E-state index contributed by atoms with van der Waals surface area (Å²) in [5.41, 5.74) is 1.59. The Hall–Kier alpha value is -4.11. The van der Waals surface area contributed by atoms with Crippen molar-refractivity contribution >= 4 is 17.7 Å². The molecule has 38 heavy (non-hydrogen) atoms. The second kappa shape index (κ2) is 10.7. The normalized spacial score (nSPS) is 18.4. The standard InChI is InChI=1S/C29H29FN4O4/c1-20-4-2-3-5-24(20)28(37)34-25(26(35)32-18-21-10-14-31-15-11-21)19-38-29(34)12-16-33(17-13-29)27(36)22-6-8-23(30)9-7-22/h2-11,14-15,25H,12-13,16-19H2,1H3,(H,32,35)/t25-/m0/s1. The minimum atomic E-state index is -1.02. The Morgan fingerprint density at radius 2 is 1.68 bits per heavy atom. The summed E-state index contributed by atoms with van der Waals surface area (Å²) < 4.78 is 19.6. The number of aryl methyl sites for hydroxylation is 1. The first-order valence-corrected chi connectivity index (χ1v) is 12.6. The van der Waals surface area contributed by atoms with Crippen LogP contribution in [0.4, 0.5) is 4.39 Å². The third kappa shape index (κ3) is 5.02. The molecule has 0 saturated carbocycles. The summed E-state index contributed by atoms with van der Waals surface area (Å²) in [4.78, 5) is 47.6. The monoisotopic (exact) mass is 516 g/mol. The second-order valence-electron chi connectivity index (χ2n) is 9.64. The van der Waals surface area contributed by atoms with Gasteiger partial charge in [-0.05, 0) is 60.5 Å². The molecule has 0 aliphatic carbocycles. The molecule has 5 rings (SSSR count). The number of likely N-dealkylation sites (tertiary alicyclic amines) is 1. The lowest BCUT2D eigenvalue weighted by Gasteiger charge is -2.44. The number of aromatic nitrogens is 1. The van der Waals surface area contributed by atoms with Gasteiger partial charge in [0.25, 0.3) is 11.8 Å². The van der Waals surface area contributed by atoms with Gasteiger partial charge in [0.1, 0.15) is 17.6 Å². The molecule has 1 N–H and O–H groups in total. The van der Waals surface area contributed by atoms with Crippen LogP contribution in [0.25, 0.3) is 0 Å². The number of piperidine rings is 1. The summed E-state index contributed by atoms with van der Waals surface area (Å²) in [6, 6.07) is 15.5. The molecule has 2 aliphatic heterocycles. The van der Waals surface area contributed by atoms with Crippen molar-refractivity contribution in [2.45, 2.75) is 38.1 Å². The number of hydrogen-bond donors (Lipinski definition) is 1. The zero-order valence-electron chi connectivity index (χ0n) is 21.1. The van der Waals surface area contributed by atoms with E-state index in [4.69, 9.17) is 4.74 Å². The van der Waals surface area contributed by atoms with Crippen molar-refractivity contribution in [2.75, 3.05) is 19.7 Å². The number of carbonyl (C=O) groups is 3. The van der Waals surface area contributed by atoms with Gasteiger partial charge in [0.2, 0.25) is 5.91 Å². The van der Waals surface area contributed by atoms with Gasteiger partial charge in [-0.15, -0.1) is 0 Å². The topological polar surface area (TPSA) is 91.8 Å². The minimum absolute atomic E-state index is 0.0612. The smallest absolute Gasteiger partial charge is 0.257 e. The predicted octanol–water partition coefficient (Wildman–Crippen LogP) is 3.32. The van der Waals surface area contributed by atoms with Crippen LogP contribution in [0.5, 0.6) is 0 Å². The van der Waals surface area contributed by atoms with E-state index in [0.717, 1.165) is 11.1 Å². The minimum Gasteiger partial charge on any atom is -0.353 e. The van der Waals surface area contributed by atoms with Gasteiger partial charge in [-0.25, -0.2) is 4.39 Å². The number of pyridine rings is 1. The van der Waals surface area contributed by atoms with Gasteiger partial charge in [-0.1, -0.05) is 18.2 Å². The van der Waals surface area contributed by atoms with Crippen LogP contribution < -0.4 is 5.32 Å². The fourth-order valence-electron chi connectivity index (χ4n) is 5.15. The zero-order valence-corrected chi connectivity index (χ0v) is 21.1. The van der Waals surface area contributed by atoms with E-state index in [1.165, 1.54) is 24.3 Å². The number of benzene rings is 2. The van der Waals surface area contributed by atoms with Crippen molar-refractivity contribution in [3.8, 4) is 0 Å². The molecule has 2 fully saturated rings. The van der Waals surface area contributed by atoms with E-state index in [0.29, 0.717) is 43.6 Å². The Kier molecular flexibility index (Phi) is 7.20. The molecular weight excluding hydrogens is 487 g/mol. The van der Waals surface area contributed by atoms with Crippen molar-refractivity contribution in [3.05, 3.63) is 101 Å². The highest BCUT2D eigenvalue weighted by Crippen LogP contribution is 2.39. The van der Waals surface area contributed by atoms with Crippen LogP contribution in [0.15, 0.2) is 73.1 Å². The molecule has 2 aliphatic rings. The Bertz CT molecular complexity index is 1320. The molecule has 3 aromatic rings. The Morgan fingerprint density at radius 3 is 2.37 bits per heavy atom. The van der Waals surface area contributed by atoms with Gasteiger partial charge < -0.3 is 15.0 Å². The quantitative estimate of drug-likeness (QED) is 0.562. The van der Waals surface area contributed by atoms with E-state index >= 15 is 0 Å². The fraction of sp³-hybridized carbons (Fsp3) is 0.310. The van der Waals surface area contributed by atoms with Gasteiger partial charge in [0.05, 0.1) is 6.61 Å². The maximum Gasteiger partial charge on any atom is 0.257 e. The van der Waals surface area contributed by atoms with E-state index in [1.54, 1.807) is 34.3 Å². The Labute approximate surface area is 220 Å². The van der Waals surface area contributed by atoms with Gasteiger partial charge in [0.15, 0.2) is 0 Å². The predicted molar refractivity (Wildman–Crippen MR) is 137 cm³/mol. The first-order valence-electron chi connectivity index (χ1n) is 12.6. The largest absolute Gasteiger partial charge is 0.353 e. The Morgan fingerprint density at radius 1 is 1.00 bits per heavy atom. The van der Waals surface area contributed by atoms with Crippen LogP contribution in [0.2, 0.25) is 0 Å². The third-order valence-corrected chi connectivity index (χ3v) is 7.30. The van der Waals surface area contributed by atoms with Crippen LogP contribution >= 0.6 is 0 Å². The van der Waals surface area contributed by atoms with Gasteiger partial charge in [-0.2, -0.15) is 0 Å². The van der Waals surface area contributed by atoms with Crippen LogP contribution in [0.3, 0.4) is 0 Å². The molecule has 0 radical (unpaired) electrons. The second-order valence-corrected chi connectivity index (χ2v) is 9.64. The molecule has 0 bridgehead atoms. The zero-order chi connectivity index (χ0) is 26.7. The summed E-state index contributed by atoms with van der Waals surface area (Å²) in [6.07, 6.45) is 4.02. The highest BCUT2D eigenvalue weighted by atomic mass is 19.1. The summed E-state index contributed by atoms with van der Waals surface area (Å²) >= 11 is 0. The molecule has 3 heterocycles. The first-order chi connectivity index (χ1) is 18.4. The van der Waals surface area contributed by atoms with Crippen molar-refractivity contribution in [2.24, 2.45) is 0 Å². The third-order valence-electron chi connectivity index (χ3n) is 7.30. The van der Waals surface area contributed by atoms with E-state index in [2.05, 4.69) is 10.3 Å². The number of carbonyl (C=O) groups excluding carboxylic acids is 3. The molecule has 0 unspecified atom stereocenters. The highest BCUT2D eigenvalue weighted by Gasteiger charge is 2.54. The molecule has 8 nitrogen and oxygen atoms in total. The molecule has 1 spiro atoms. The summed E-state index contributed by atoms with van der Waals surface area (Å²) in [7, 11) is 0. The van der Waals surface area contributed by atoms with Crippen molar-refractivity contribution in [1.82, 2.24) is 20.1 Å². The lowest BCUT2D eigenvalue weighted by Crippen LogP contribution is -2.59. The van der Waals surface area contributed by atoms with E-state index in [9.17, 15) is 18.8 Å².